The minimum absolute atomic E-state index is 0.0965. The second-order valence-electron chi connectivity index (χ2n) is 6.92. The summed E-state index contributed by atoms with van der Waals surface area (Å²) in [7, 11) is 1.51. The van der Waals surface area contributed by atoms with Gasteiger partial charge in [0, 0.05) is 30.2 Å². The molecular formula is C19H25F2N3. The van der Waals surface area contributed by atoms with E-state index in [-0.39, 0.29) is 11.0 Å². The minimum Gasteiger partial charge on any atom is -0.397 e. The fourth-order valence-electron chi connectivity index (χ4n) is 3.58. The predicted molar refractivity (Wildman–Crippen MR) is 96.9 cm³/mol. The Kier molecular flexibility index (Phi) is 5.11. The summed E-state index contributed by atoms with van der Waals surface area (Å²) in [5.41, 5.74) is 8.93. The number of alkyl halides is 2. The number of allylic oxidation sites excluding steroid dienone is 2. The van der Waals surface area contributed by atoms with Crippen molar-refractivity contribution in [2.24, 2.45) is 10.7 Å². The molecule has 1 unspecified atom stereocenters. The molecule has 1 aliphatic rings. The van der Waals surface area contributed by atoms with Gasteiger partial charge in [0.15, 0.2) is 0 Å². The molecular weight excluding hydrogens is 308 g/mol. The number of hydrogen-bond donors (Lipinski definition) is 2. The molecule has 0 radical (unpaired) electrons. The average Bonchev–Trinajstić information content (AvgIpc) is 2.74. The molecule has 0 heterocycles. The normalized spacial score (nSPS) is 20.2. The lowest BCUT2D eigenvalue weighted by Crippen LogP contribution is -2.16. The van der Waals surface area contributed by atoms with E-state index < -0.39 is 12.1 Å². The summed E-state index contributed by atoms with van der Waals surface area (Å²) in [6.07, 6.45) is -0.394. The number of hydrogen-bond acceptors (Lipinski definition) is 3. The second-order valence-corrected chi connectivity index (χ2v) is 6.92. The fourth-order valence-corrected chi connectivity index (χ4v) is 3.58. The van der Waals surface area contributed by atoms with Gasteiger partial charge in [-0.1, -0.05) is 39.5 Å². The van der Waals surface area contributed by atoms with Gasteiger partial charge in [0.1, 0.15) is 0 Å². The molecule has 0 saturated carbocycles. The first-order valence-electron chi connectivity index (χ1n) is 7.98. The van der Waals surface area contributed by atoms with E-state index in [0.29, 0.717) is 11.6 Å². The van der Waals surface area contributed by atoms with Gasteiger partial charge in [-0.05, 0) is 34.9 Å². The Labute approximate surface area is 142 Å². The van der Waals surface area contributed by atoms with Gasteiger partial charge in [0.2, 0.25) is 0 Å². The fraction of sp³-hybridized carbons (Fsp3) is 0.421. The van der Waals surface area contributed by atoms with Crippen molar-refractivity contribution in [3.63, 3.8) is 0 Å². The van der Waals surface area contributed by atoms with Gasteiger partial charge >= 0.3 is 0 Å². The maximum absolute atomic E-state index is 13.0. The van der Waals surface area contributed by atoms with Crippen LogP contribution < -0.4 is 11.1 Å². The van der Waals surface area contributed by atoms with Crippen molar-refractivity contribution in [3.8, 4) is 0 Å². The van der Waals surface area contributed by atoms with Gasteiger partial charge in [-0.15, -0.1) is 0 Å². The zero-order chi connectivity index (χ0) is 18.1. The Bertz CT molecular complexity index is 703. The minimum atomic E-state index is -2.75. The second kappa shape index (κ2) is 6.75. The number of fused-ring (bicyclic) bond motifs is 1. The standard InChI is InChI=1S/C19H25F2N3/c1-11-9-19(3,4)14-7-6-8-15(16(11)14)24-12(2)13(10-23-5)17(22)18(20)21/h6-8,10-11,18,24H,2,9,22H2,1,3-5H3. The number of rotatable bonds is 5. The summed E-state index contributed by atoms with van der Waals surface area (Å²) in [6.45, 7) is 10.5. The van der Waals surface area contributed by atoms with Gasteiger partial charge in [0.25, 0.3) is 6.43 Å². The monoisotopic (exact) mass is 333 g/mol. The molecule has 3 nitrogen and oxygen atoms in total. The molecule has 1 aromatic rings. The third-order valence-corrected chi connectivity index (χ3v) is 4.56. The molecule has 1 aromatic carbocycles. The SMILES string of the molecule is C=C(Nc1cccc2c1C(C)CC2(C)C)C(C=NC)=C(N)C(F)F. The van der Waals surface area contributed by atoms with Gasteiger partial charge in [-0.25, -0.2) is 8.78 Å². The molecule has 0 fully saturated rings. The summed E-state index contributed by atoms with van der Waals surface area (Å²) < 4.78 is 25.9. The predicted octanol–water partition coefficient (Wildman–Crippen LogP) is 4.58. The molecule has 130 valence electrons. The molecule has 3 N–H and O–H groups in total. The molecule has 2 rings (SSSR count). The van der Waals surface area contributed by atoms with E-state index in [1.165, 1.54) is 24.4 Å². The van der Waals surface area contributed by atoms with E-state index in [9.17, 15) is 8.78 Å². The summed E-state index contributed by atoms with van der Waals surface area (Å²) in [4.78, 5) is 3.82. The van der Waals surface area contributed by atoms with Crippen LogP contribution in [0.2, 0.25) is 0 Å². The molecule has 0 aliphatic heterocycles. The first kappa shape index (κ1) is 18.2. The lowest BCUT2D eigenvalue weighted by atomic mass is 9.86. The summed E-state index contributed by atoms with van der Waals surface area (Å²) in [6, 6.07) is 6.05. The largest absolute Gasteiger partial charge is 0.397 e. The highest BCUT2D eigenvalue weighted by Gasteiger charge is 2.36. The van der Waals surface area contributed by atoms with Crippen LogP contribution in [0.25, 0.3) is 0 Å². The van der Waals surface area contributed by atoms with Gasteiger partial charge < -0.3 is 11.1 Å². The van der Waals surface area contributed by atoms with Crippen LogP contribution in [0.15, 0.2) is 46.7 Å². The van der Waals surface area contributed by atoms with Gasteiger partial charge in [0.05, 0.1) is 5.70 Å². The molecule has 0 spiro atoms. The third kappa shape index (κ3) is 3.35. The molecule has 1 aliphatic carbocycles. The molecule has 5 heteroatoms. The van der Waals surface area contributed by atoms with Crippen LogP contribution in [0.1, 0.15) is 44.2 Å². The lowest BCUT2D eigenvalue weighted by Gasteiger charge is -2.20. The van der Waals surface area contributed by atoms with Crippen LogP contribution in [-0.4, -0.2) is 19.7 Å². The van der Waals surface area contributed by atoms with Crippen molar-refractivity contribution in [1.82, 2.24) is 0 Å². The Balaban J connectivity index is 2.41. The molecule has 0 saturated heterocycles. The van der Waals surface area contributed by atoms with Crippen molar-refractivity contribution in [1.29, 1.82) is 0 Å². The third-order valence-electron chi connectivity index (χ3n) is 4.56. The molecule has 0 bridgehead atoms. The number of aliphatic imine (C=N–C) groups is 1. The number of nitrogens with one attached hydrogen (secondary N) is 1. The average molecular weight is 333 g/mol. The number of anilines is 1. The van der Waals surface area contributed by atoms with Gasteiger partial charge in [-0.3, -0.25) is 4.99 Å². The number of benzene rings is 1. The summed E-state index contributed by atoms with van der Waals surface area (Å²) in [5, 5.41) is 3.17. The zero-order valence-electron chi connectivity index (χ0n) is 14.7. The van der Waals surface area contributed by atoms with E-state index in [0.717, 1.165) is 12.1 Å². The van der Waals surface area contributed by atoms with Crippen LogP contribution in [0, 0.1) is 0 Å². The van der Waals surface area contributed by atoms with Crippen LogP contribution >= 0.6 is 0 Å². The number of halogens is 2. The highest BCUT2D eigenvalue weighted by molar-refractivity contribution is 5.87. The first-order chi connectivity index (χ1) is 11.2. The smallest absolute Gasteiger partial charge is 0.278 e. The van der Waals surface area contributed by atoms with Crippen LogP contribution in [0.5, 0.6) is 0 Å². The van der Waals surface area contributed by atoms with E-state index in [1.807, 2.05) is 12.1 Å². The Morgan fingerprint density at radius 3 is 2.71 bits per heavy atom. The van der Waals surface area contributed by atoms with E-state index in [4.69, 9.17) is 5.73 Å². The molecule has 0 aromatic heterocycles. The maximum Gasteiger partial charge on any atom is 0.278 e. The summed E-state index contributed by atoms with van der Waals surface area (Å²) >= 11 is 0. The maximum atomic E-state index is 13.0. The van der Waals surface area contributed by atoms with Crippen molar-refractivity contribution >= 4 is 11.9 Å². The first-order valence-corrected chi connectivity index (χ1v) is 7.98. The van der Waals surface area contributed by atoms with E-state index in [1.54, 1.807) is 0 Å². The Morgan fingerprint density at radius 2 is 2.12 bits per heavy atom. The van der Waals surface area contributed by atoms with Crippen molar-refractivity contribution < 1.29 is 8.78 Å². The molecule has 0 amide bonds. The van der Waals surface area contributed by atoms with Crippen molar-refractivity contribution in [2.45, 2.75) is 45.0 Å². The van der Waals surface area contributed by atoms with Crippen molar-refractivity contribution in [2.75, 3.05) is 12.4 Å². The molecule has 24 heavy (non-hydrogen) atoms. The number of nitrogens with two attached hydrogens (primary N) is 1. The van der Waals surface area contributed by atoms with Crippen molar-refractivity contribution in [3.05, 3.63) is 52.9 Å². The zero-order valence-corrected chi connectivity index (χ0v) is 14.7. The highest BCUT2D eigenvalue weighted by Crippen LogP contribution is 2.48. The quantitative estimate of drug-likeness (QED) is 0.612. The van der Waals surface area contributed by atoms with E-state index in [2.05, 4.69) is 43.7 Å². The lowest BCUT2D eigenvalue weighted by molar-refractivity contribution is 0.187. The van der Waals surface area contributed by atoms with E-state index >= 15 is 0 Å². The Hall–Kier alpha value is -2.17. The molecule has 1 atom stereocenters. The Morgan fingerprint density at radius 1 is 1.46 bits per heavy atom. The highest BCUT2D eigenvalue weighted by atomic mass is 19.3. The topological polar surface area (TPSA) is 50.4 Å². The van der Waals surface area contributed by atoms with Crippen LogP contribution in [0.4, 0.5) is 14.5 Å². The number of nitrogens with zero attached hydrogens (tertiary/aromatic N) is 1. The van der Waals surface area contributed by atoms with Gasteiger partial charge in [-0.2, -0.15) is 0 Å². The summed E-state index contributed by atoms with van der Waals surface area (Å²) in [5.74, 6) is 0.381. The van der Waals surface area contributed by atoms with Crippen LogP contribution in [0.3, 0.4) is 0 Å². The van der Waals surface area contributed by atoms with Crippen LogP contribution in [-0.2, 0) is 5.41 Å².